The van der Waals surface area contributed by atoms with Crippen LogP contribution in [-0.2, 0) is 12.5 Å². The van der Waals surface area contributed by atoms with E-state index in [-0.39, 0.29) is 17.1 Å². The van der Waals surface area contributed by atoms with Crippen LogP contribution in [0.3, 0.4) is 0 Å². The third-order valence-corrected chi connectivity index (χ3v) is 8.21. The second-order valence-electron chi connectivity index (χ2n) is 10.2. The van der Waals surface area contributed by atoms with Crippen LogP contribution in [0.5, 0.6) is 0 Å². The highest BCUT2D eigenvalue weighted by Gasteiger charge is 2.71. The number of fused-ring (bicyclic) bond motifs is 2. The Morgan fingerprint density at radius 2 is 1.84 bits per heavy atom. The fourth-order valence-corrected chi connectivity index (χ4v) is 6.52. The van der Waals surface area contributed by atoms with Crippen LogP contribution in [0.1, 0.15) is 33.2 Å². The number of rotatable bonds is 4. The van der Waals surface area contributed by atoms with E-state index in [1.54, 1.807) is 19.2 Å². The molecule has 0 N–H and O–H groups in total. The Labute approximate surface area is 213 Å². The molecule has 7 nitrogen and oxygen atoms in total. The number of benzene rings is 3. The maximum absolute atomic E-state index is 13.5. The number of halogens is 1. The molecule has 2 aliphatic rings. The Kier molecular flexibility index (Phi) is 4.64. The Morgan fingerprint density at radius 1 is 1.05 bits per heavy atom. The molecule has 8 heteroatoms. The number of amides is 1. The Hall–Kier alpha value is -4.33. The topological polar surface area (TPSA) is 68.8 Å². The lowest BCUT2D eigenvalue weighted by Crippen LogP contribution is -2.36. The van der Waals surface area contributed by atoms with E-state index in [2.05, 4.69) is 58.5 Å². The zero-order chi connectivity index (χ0) is 25.3. The lowest BCUT2D eigenvalue weighted by molar-refractivity contribution is 0.0752. The van der Waals surface area contributed by atoms with E-state index in [0.717, 1.165) is 22.2 Å². The van der Waals surface area contributed by atoms with Crippen LogP contribution < -0.4 is 0 Å². The van der Waals surface area contributed by atoms with E-state index in [1.165, 1.54) is 34.3 Å². The summed E-state index contributed by atoms with van der Waals surface area (Å²) in [7, 11) is 1.75. The number of carbonyl (C=O) groups is 1. The summed E-state index contributed by atoms with van der Waals surface area (Å²) in [6, 6.07) is 21.4. The van der Waals surface area contributed by atoms with Crippen molar-refractivity contribution < 1.29 is 9.18 Å². The third kappa shape index (κ3) is 3.18. The second kappa shape index (κ2) is 7.83. The van der Waals surface area contributed by atoms with Gasteiger partial charge in [-0.1, -0.05) is 30.3 Å². The van der Waals surface area contributed by atoms with Crippen LogP contribution in [0, 0.1) is 18.7 Å². The van der Waals surface area contributed by atoms with Gasteiger partial charge in [-0.05, 0) is 65.9 Å². The molecule has 37 heavy (non-hydrogen) atoms. The number of likely N-dealkylation sites (tertiary alicyclic amines) is 1. The van der Waals surface area contributed by atoms with Crippen molar-refractivity contribution >= 4 is 16.8 Å². The molecular weight excluding hydrogens is 467 g/mol. The molecule has 3 atom stereocenters. The van der Waals surface area contributed by atoms with Gasteiger partial charge < -0.3 is 4.90 Å². The minimum Gasteiger partial charge on any atom is -0.335 e. The van der Waals surface area contributed by atoms with E-state index < -0.39 is 0 Å². The largest absolute Gasteiger partial charge is 0.335 e. The van der Waals surface area contributed by atoms with E-state index in [0.29, 0.717) is 30.7 Å². The van der Waals surface area contributed by atoms with Gasteiger partial charge in [0, 0.05) is 36.9 Å². The number of aromatic nitrogens is 5. The van der Waals surface area contributed by atoms with Gasteiger partial charge in [0.2, 0.25) is 5.82 Å². The van der Waals surface area contributed by atoms with Gasteiger partial charge in [0.25, 0.3) is 5.91 Å². The summed E-state index contributed by atoms with van der Waals surface area (Å²) in [4.78, 5) is 19.5. The van der Waals surface area contributed by atoms with Crippen molar-refractivity contribution in [1.82, 2.24) is 29.4 Å². The Balaban J connectivity index is 1.31. The number of hydrogen-bond donors (Lipinski definition) is 0. The fraction of sp³-hybridized carbons (Fsp3) is 0.241. The van der Waals surface area contributed by atoms with Gasteiger partial charge in [0.1, 0.15) is 12.1 Å². The van der Waals surface area contributed by atoms with E-state index in [9.17, 15) is 9.18 Å². The van der Waals surface area contributed by atoms with Crippen LogP contribution in [0.15, 0.2) is 79.3 Å². The minimum absolute atomic E-state index is 0.0822. The molecule has 1 saturated heterocycles. The zero-order valence-corrected chi connectivity index (χ0v) is 20.5. The molecule has 1 aliphatic heterocycles. The molecule has 7 rings (SSSR count). The summed E-state index contributed by atoms with van der Waals surface area (Å²) < 4.78 is 16.9. The predicted octanol–water partition coefficient (Wildman–Crippen LogP) is 4.41. The van der Waals surface area contributed by atoms with Crippen molar-refractivity contribution in [2.75, 3.05) is 13.1 Å². The molecule has 0 spiro atoms. The van der Waals surface area contributed by atoms with Gasteiger partial charge in [0.15, 0.2) is 0 Å². The van der Waals surface area contributed by atoms with E-state index in [4.69, 9.17) is 0 Å². The molecule has 0 bridgehead atoms. The molecule has 1 amide bonds. The van der Waals surface area contributed by atoms with Crippen molar-refractivity contribution in [3.05, 3.63) is 108 Å². The molecule has 3 aromatic carbocycles. The highest BCUT2D eigenvalue weighted by Crippen LogP contribution is 2.69. The lowest BCUT2D eigenvalue weighted by atomic mass is 9.86. The van der Waals surface area contributed by atoms with Gasteiger partial charge in [-0.2, -0.15) is 10.2 Å². The third-order valence-electron chi connectivity index (χ3n) is 8.21. The molecule has 1 aliphatic carbocycles. The lowest BCUT2D eigenvalue weighted by Gasteiger charge is -2.25. The molecule has 1 saturated carbocycles. The number of hydrogen-bond acceptors (Lipinski definition) is 4. The summed E-state index contributed by atoms with van der Waals surface area (Å²) in [5.41, 5.74) is 5.33. The van der Waals surface area contributed by atoms with Gasteiger partial charge in [-0.3, -0.25) is 4.79 Å². The molecule has 184 valence electrons. The Bertz CT molecular complexity index is 1660. The standard InChI is InChI=1S/C29H25FN6O/c1-18-12-25-20(14-32-36(25)22-10-8-21(30)9-11-22)13-23(18)29-16-35(28(37)27-31-17-33-34(27)2)15-24(29)26(29)19-6-4-3-5-7-19/h3-14,17,24,26H,15-16H2,1-2H3. The smallest absolute Gasteiger partial charge is 0.291 e. The van der Waals surface area contributed by atoms with Crippen molar-refractivity contribution in [1.29, 1.82) is 0 Å². The van der Waals surface area contributed by atoms with Crippen LogP contribution in [-0.4, -0.2) is 48.4 Å². The van der Waals surface area contributed by atoms with Crippen LogP contribution in [0.2, 0.25) is 0 Å². The highest BCUT2D eigenvalue weighted by molar-refractivity contribution is 5.91. The summed E-state index contributed by atoms with van der Waals surface area (Å²) >= 11 is 0. The van der Waals surface area contributed by atoms with E-state index >= 15 is 0 Å². The molecule has 3 heterocycles. The monoisotopic (exact) mass is 492 g/mol. The minimum atomic E-state index is -0.272. The number of carbonyl (C=O) groups excluding carboxylic acids is 1. The van der Waals surface area contributed by atoms with Gasteiger partial charge >= 0.3 is 0 Å². The van der Waals surface area contributed by atoms with Gasteiger partial charge in [0.05, 0.1) is 17.4 Å². The summed E-state index contributed by atoms with van der Waals surface area (Å²) in [5, 5.41) is 9.72. The van der Waals surface area contributed by atoms with Crippen LogP contribution in [0.25, 0.3) is 16.6 Å². The average Bonchev–Trinajstić information content (AvgIpc) is 3.32. The molecule has 2 fully saturated rings. The number of nitrogens with zero attached hydrogens (tertiary/aromatic N) is 6. The summed E-state index contributed by atoms with van der Waals surface area (Å²) in [6.07, 6.45) is 3.29. The SMILES string of the molecule is Cc1cc2c(cnn2-c2ccc(F)cc2)cc1C12CN(C(=O)c3ncnn3C)CC1C2c1ccccc1. The molecule has 5 aromatic rings. The van der Waals surface area contributed by atoms with Crippen molar-refractivity contribution in [2.45, 2.75) is 18.3 Å². The fourth-order valence-electron chi connectivity index (χ4n) is 6.52. The summed E-state index contributed by atoms with van der Waals surface area (Å²) in [6.45, 7) is 3.44. The molecular formula is C29H25FN6O. The normalized spacial score (nSPS) is 22.4. The second-order valence-corrected chi connectivity index (χ2v) is 10.2. The molecule has 0 radical (unpaired) electrons. The first-order valence-electron chi connectivity index (χ1n) is 12.4. The number of aryl methyl sites for hydroxylation is 2. The zero-order valence-electron chi connectivity index (χ0n) is 20.5. The van der Waals surface area contributed by atoms with Crippen LogP contribution >= 0.6 is 0 Å². The quantitative estimate of drug-likeness (QED) is 0.373. The van der Waals surface area contributed by atoms with Crippen molar-refractivity contribution in [3.8, 4) is 5.69 Å². The van der Waals surface area contributed by atoms with Crippen molar-refractivity contribution in [3.63, 3.8) is 0 Å². The first-order valence-corrected chi connectivity index (χ1v) is 12.4. The first kappa shape index (κ1) is 21.9. The van der Waals surface area contributed by atoms with Gasteiger partial charge in [-0.15, -0.1) is 0 Å². The highest BCUT2D eigenvalue weighted by atomic mass is 19.1. The van der Waals surface area contributed by atoms with E-state index in [1.807, 2.05) is 21.8 Å². The maximum atomic E-state index is 13.5. The van der Waals surface area contributed by atoms with Crippen molar-refractivity contribution in [2.24, 2.45) is 13.0 Å². The first-order chi connectivity index (χ1) is 18.0. The number of piperidine rings is 1. The van der Waals surface area contributed by atoms with Gasteiger partial charge in [-0.25, -0.2) is 18.7 Å². The van der Waals surface area contributed by atoms with Crippen LogP contribution in [0.4, 0.5) is 4.39 Å². The maximum Gasteiger partial charge on any atom is 0.291 e. The average molecular weight is 493 g/mol. The predicted molar refractivity (Wildman–Crippen MR) is 137 cm³/mol. The summed E-state index contributed by atoms with van der Waals surface area (Å²) in [5.74, 6) is 0.656. The molecule has 2 aromatic heterocycles. The Morgan fingerprint density at radius 3 is 2.57 bits per heavy atom. The molecule has 3 unspecified atom stereocenters.